The van der Waals surface area contributed by atoms with E-state index in [1.54, 1.807) is 6.07 Å². The topological polar surface area (TPSA) is 56.2 Å². The first kappa shape index (κ1) is 13.1. The number of aryl methyl sites for hydroxylation is 1. The molecule has 1 heterocycles. The summed E-state index contributed by atoms with van der Waals surface area (Å²) in [6.07, 6.45) is 1.24. The summed E-state index contributed by atoms with van der Waals surface area (Å²) < 4.78 is 5.28. The van der Waals surface area contributed by atoms with Gasteiger partial charge in [-0.1, -0.05) is 30.2 Å². The minimum absolute atomic E-state index is 0.0762. The normalized spacial score (nSPS) is 12.9. The predicted molar refractivity (Wildman–Crippen MR) is 74.2 cm³/mol. The molecule has 96 valence electrons. The molecule has 2 N–H and O–H groups in total. The van der Waals surface area contributed by atoms with Crippen LogP contribution in [0.5, 0.6) is 0 Å². The third-order valence-electron chi connectivity index (χ3n) is 3.08. The number of halogens is 1. The molecule has 0 fully saturated rings. The van der Waals surface area contributed by atoms with Crippen molar-refractivity contribution in [2.75, 3.05) is 0 Å². The summed E-state index contributed by atoms with van der Waals surface area (Å²) in [5, 5.41) is 1.24. The molecule has 0 aliphatic carbocycles. The maximum absolute atomic E-state index is 11.9. The smallest absolute Gasteiger partial charge is 0.341 e. The van der Waals surface area contributed by atoms with Crippen LogP contribution in [-0.4, -0.2) is 6.04 Å². The molecule has 0 saturated carbocycles. The van der Waals surface area contributed by atoms with Crippen molar-refractivity contribution in [1.82, 2.24) is 0 Å². The lowest BCUT2D eigenvalue weighted by Crippen LogP contribution is -2.25. The Morgan fingerprint density at radius 1 is 1.44 bits per heavy atom. The Hall–Kier alpha value is -1.32. The number of nitrogens with two attached hydrogens (primary N) is 1. The van der Waals surface area contributed by atoms with Gasteiger partial charge in [-0.2, -0.15) is 0 Å². The molecule has 2 rings (SSSR count). The van der Waals surface area contributed by atoms with E-state index in [9.17, 15) is 4.79 Å². The molecule has 18 heavy (non-hydrogen) atoms. The van der Waals surface area contributed by atoms with E-state index in [1.165, 1.54) is 0 Å². The van der Waals surface area contributed by atoms with Gasteiger partial charge in [-0.15, -0.1) is 0 Å². The molecule has 1 aromatic carbocycles. The van der Waals surface area contributed by atoms with Crippen LogP contribution in [0.2, 0.25) is 5.02 Å². The maximum Gasteiger partial charge on any atom is 0.341 e. The molecule has 0 aliphatic heterocycles. The second-order valence-corrected chi connectivity index (χ2v) is 4.93. The van der Waals surface area contributed by atoms with Crippen molar-refractivity contribution in [3.63, 3.8) is 0 Å². The quantitative estimate of drug-likeness (QED) is 0.868. The van der Waals surface area contributed by atoms with Crippen LogP contribution in [0.4, 0.5) is 0 Å². The van der Waals surface area contributed by atoms with Crippen LogP contribution in [0.25, 0.3) is 11.0 Å². The van der Waals surface area contributed by atoms with E-state index in [2.05, 4.69) is 0 Å². The van der Waals surface area contributed by atoms with Gasteiger partial charge >= 0.3 is 5.63 Å². The van der Waals surface area contributed by atoms with Gasteiger partial charge in [0.2, 0.25) is 0 Å². The van der Waals surface area contributed by atoms with Gasteiger partial charge in [-0.25, -0.2) is 4.79 Å². The second kappa shape index (κ2) is 5.12. The minimum Gasteiger partial charge on any atom is -0.422 e. The Bertz CT molecular complexity index is 633. The first-order valence-corrected chi connectivity index (χ1v) is 6.38. The summed E-state index contributed by atoms with van der Waals surface area (Å²) in [4.78, 5) is 11.9. The Labute approximate surface area is 111 Å². The SMILES string of the molecule is CCC(N)Cc1c(Cl)c2cc(C)ccc2oc1=O. The molecule has 1 aromatic heterocycles. The number of rotatable bonds is 3. The molecule has 0 spiro atoms. The van der Waals surface area contributed by atoms with E-state index < -0.39 is 0 Å². The fourth-order valence-electron chi connectivity index (χ4n) is 1.90. The van der Waals surface area contributed by atoms with Crippen molar-refractivity contribution in [2.24, 2.45) is 5.73 Å². The average molecular weight is 266 g/mol. The van der Waals surface area contributed by atoms with E-state index in [0.717, 1.165) is 17.4 Å². The van der Waals surface area contributed by atoms with Crippen molar-refractivity contribution in [3.8, 4) is 0 Å². The highest BCUT2D eigenvalue weighted by atomic mass is 35.5. The zero-order chi connectivity index (χ0) is 13.3. The maximum atomic E-state index is 11.9. The van der Waals surface area contributed by atoms with Gasteiger partial charge in [-0.05, 0) is 31.9 Å². The Balaban J connectivity index is 2.63. The first-order chi connectivity index (χ1) is 8.52. The van der Waals surface area contributed by atoms with Crippen LogP contribution in [-0.2, 0) is 6.42 Å². The molecule has 4 heteroatoms. The lowest BCUT2D eigenvalue weighted by molar-refractivity contribution is 0.538. The largest absolute Gasteiger partial charge is 0.422 e. The predicted octanol–water partition coefficient (Wildman–Crippen LogP) is 3.03. The monoisotopic (exact) mass is 265 g/mol. The van der Waals surface area contributed by atoms with Crippen molar-refractivity contribution >= 4 is 22.6 Å². The van der Waals surface area contributed by atoms with Crippen LogP contribution >= 0.6 is 11.6 Å². The van der Waals surface area contributed by atoms with Gasteiger partial charge in [0.1, 0.15) is 5.58 Å². The summed E-state index contributed by atoms with van der Waals surface area (Å²) in [5.41, 5.74) is 7.56. The van der Waals surface area contributed by atoms with Crippen LogP contribution in [0, 0.1) is 6.92 Å². The van der Waals surface area contributed by atoms with Crippen LogP contribution in [0.15, 0.2) is 27.4 Å². The first-order valence-electron chi connectivity index (χ1n) is 6.00. The van der Waals surface area contributed by atoms with Gasteiger partial charge < -0.3 is 10.2 Å². The standard InChI is InChI=1S/C14H16ClNO2/c1-3-9(16)7-11-13(15)10-6-8(2)4-5-12(10)18-14(11)17/h4-6,9H,3,7,16H2,1-2H3. The number of fused-ring (bicyclic) bond motifs is 1. The molecule has 1 atom stereocenters. The molecule has 0 aliphatic rings. The minimum atomic E-state index is -0.389. The molecular formula is C14H16ClNO2. The summed E-state index contributed by atoms with van der Waals surface area (Å²) in [5.74, 6) is 0. The van der Waals surface area contributed by atoms with E-state index in [4.69, 9.17) is 21.8 Å². The summed E-state index contributed by atoms with van der Waals surface area (Å²) >= 11 is 6.30. The third-order valence-corrected chi connectivity index (χ3v) is 3.51. The van der Waals surface area contributed by atoms with Gasteiger partial charge in [0.05, 0.1) is 10.6 Å². The summed E-state index contributed by atoms with van der Waals surface area (Å²) in [6.45, 7) is 3.95. The fourth-order valence-corrected chi connectivity index (χ4v) is 2.20. The average Bonchev–Trinajstić information content (AvgIpc) is 2.35. The van der Waals surface area contributed by atoms with Crippen molar-refractivity contribution in [1.29, 1.82) is 0 Å². The number of hydrogen-bond acceptors (Lipinski definition) is 3. The summed E-state index contributed by atoms with van der Waals surface area (Å²) in [7, 11) is 0. The van der Waals surface area contributed by atoms with Gasteiger partial charge in [0, 0.05) is 11.4 Å². The lowest BCUT2D eigenvalue weighted by Gasteiger charge is -2.10. The van der Waals surface area contributed by atoms with Crippen LogP contribution < -0.4 is 11.4 Å². The molecule has 0 amide bonds. The highest BCUT2D eigenvalue weighted by molar-refractivity contribution is 6.36. The lowest BCUT2D eigenvalue weighted by atomic mass is 10.0. The molecule has 3 nitrogen and oxygen atoms in total. The summed E-state index contributed by atoms with van der Waals surface area (Å²) in [6, 6.07) is 5.50. The molecular weight excluding hydrogens is 250 g/mol. The van der Waals surface area contributed by atoms with Crippen molar-refractivity contribution in [2.45, 2.75) is 32.7 Å². The van der Waals surface area contributed by atoms with E-state index >= 15 is 0 Å². The Morgan fingerprint density at radius 2 is 2.17 bits per heavy atom. The van der Waals surface area contributed by atoms with Gasteiger partial charge in [0.15, 0.2) is 0 Å². The van der Waals surface area contributed by atoms with Crippen molar-refractivity contribution < 1.29 is 4.42 Å². The van der Waals surface area contributed by atoms with Crippen LogP contribution in [0.1, 0.15) is 24.5 Å². The second-order valence-electron chi connectivity index (χ2n) is 4.55. The Morgan fingerprint density at radius 3 is 2.83 bits per heavy atom. The van der Waals surface area contributed by atoms with Crippen LogP contribution in [0.3, 0.4) is 0 Å². The molecule has 0 bridgehead atoms. The highest BCUT2D eigenvalue weighted by Gasteiger charge is 2.15. The van der Waals surface area contributed by atoms with Gasteiger partial charge in [0.25, 0.3) is 0 Å². The number of hydrogen-bond donors (Lipinski definition) is 1. The third kappa shape index (κ3) is 2.42. The van der Waals surface area contributed by atoms with Gasteiger partial charge in [-0.3, -0.25) is 0 Å². The zero-order valence-corrected chi connectivity index (χ0v) is 11.3. The molecule has 2 aromatic rings. The van der Waals surface area contributed by atoms with E-state index in [-0.39, 0.29) is 11.7 Å². The highest BCUT2D eigenvalue weighted by Crippen LogP contribution is 2.26. The fraction of sp³-hybridized carbons (Fsp3) is 0.357. The van der Waals surface area contributed by atoms with Crippen molar-refractivity contribution in [3.05, 3.63) is 44.8 Å². The molecule has 1 unspecified atom stereocenters. The van der Waals surface area contributed by atoms with E-state index in [0.29, 0.717) is 22.6 Å². The number of benzene rings is 1. The molecule has 0 radical (unpaired) electrons. The van der Waals surface area contributed by atoms with E-state index in [1.807, 2.05) is 26.0 Å². The zero-order valence-electron chi connectivity index (χ0n) is 10.5. The molecule has 0 saturated heterocycles. The Kier molecular flexibility index (Phi) is 3.73.